The number of carbonyl (C=O) groups is 1. The average Bonchev–Trinajstić information content (AvgIpc) is 3.29. The number of hydrogen-bond donors (Lipinski definition) is 1. The molecule has 0 saturated carbocycles. The van der Waals surface area contributed by atoms with Gasteiger partial charge in [-0.3, -0.25) is 14.3 Å². The third-order valence-corrected chi connectivity index (χ3v) is 4.76. The quantitative estimate of drug-likeness (QED) is 0.768. The Morgan fingerprint density at radius 3 is 3.04 bits per heavy atom. The molecule has 1 unspecified atom stereocenters. The van der Waals surface area contributed by atoms with Gasteiger partial charge in [0.2, 0.25) is 5.91 Å². The van der Waals surface area contributed by atoms with E-state index in [1.165, 1.54) is 9.08 Å². The molecule has 1 N–H and O–H groups in total. The average molecular weight is 340 g/mol. The van der Waals surface area contributed by atoms with E-state index in [1.807, 2.05) is 17.0 Å². The first-order valence-corrected chi connectivity index (χ1v) is 8.53. The Labute approximate surface area is 144 Å². The molecule has 1 amide bonds. The number of nitrogens with one attached hydrogen (secondary N) is 1. The first kappa shape index (κ1) is 15.6. The zero-order valence-corrected chi connectivity index (χ0v) is 13.8. The van der Waals surface area contributed by atoms with Crippen LogP contribution in [0, 0.1) is 0 Å². The van der Waals surface area contributed by atoms with E-state index in [0.29, 0.717) is 24.7 Å². The normalized spacial score (nSPS) is 17.9. The summed E-state index contributed by atoms with van der Waals surface area (Å²) in [5.41, 5.74) is 1.46. The van der Waals surface area contributed by atoms with Crippen molar-refractivity contribution >= 4 is 11.6 Å². The highest BCUT2D eigenvalue weighted by Crippen LogP contribution is 2.25. The summed E-state index contributed by atoms with van der Waals surface area (Å²) < 4.78 is 2.85. The van der Waals surface area contributed by atoms with E-state index in [1.54, 1.807) is 24.5 Å². The van der Waals surface area contributed by atoms with E-state index in [0.717, 1.165) is 25.1 Å². The lowest BCUT2D eigenvalue weighted by atomic mass is 9.95. The second-order valence-corrected chi connectivity index (χ2v) is 6.38. The van der Waals surface area contributed by atoms with Gasteiger partial charge in [-0.25, -0.2) is 9.48 Å². The third kappa shape index (κ3) is 3.07. The number of carbonyl (C=O) groups excluding carboxylic acids is 1. The molecule has 1 fully saturated rings. The predicted octanol–water partition coefficient (Wildman–Crippen LogP) is 1.02. The lowest BCUT2D eigenvalue weighted by Gasteiger charge is -2.32. The van der Waals surface area contributed by atoms with Crippen LogP contribution in [0.4, 0.5) is 0 Å². The van der Waals surface area contributed by atoms with Gasteiger partial charge in [0, 0.05) is 43.5 Å². The van der Waals surface area contributed by atoms with Crippen LogP contribution < -0.4 is 5.69 Å². The highest BCUT2D eigenvalue weighted by molar-refractivity contribution is 5.76. The Balaban J connectivity index is 1.41. The minimum atomic E-state index is -0.211. The van der Waals surface area contributed by atoms with Gasteiger partial charge in [-0.2, -0.15) is 5.10 Å². The van der Waals surface area contributed by atoms with E-state index in [2.05, 4.69) is 15.3 Å². The summed E-state index contributed by atoms with van der Waals surface area (Å²) in [4.78, 5) is 26.7. The minimum Gasteiger partial charge on any atom is -0.342 e. The molecule has 25 heavy (non-hydrogen) atoms. The number of aryl methyl sites for hydroxylation is 1. The lowest BCUT2D eigenvalue weighted by Crippen LogP contribution is -2.40. The molecule has 8 heteroatoms. The minimum absolute atomic E-state index is 0.0631. The largest absolute Gasteiger partial charge is 0.350 e. The smallest absolute Gasteiger partial charge is 0.342 e. The second-order valence-electron chi connectivity index (χ2n) is 6.38. The molecule has 0 aliphatic carbocycles. The molecule has 130 valence electrons. The standard InChI is InChI=1S/C17H20N6O2/c24-16(21-9-3-4-13(12-21)14-6-8-18-19-14)7-11-23-17(25)22-10-2-1-5-15(22)20-23/h1-2,5-6,8,10,13H,3-4,7,9,11-12H2,(H,18,19). The van der Waals surface area contributed by atoms with Crippen LogP contribution in [0.25, 0.3) is 5.65 Å². The number of aromatic amines is 1. The van der Waals surface area contributed by atoms with Gasteiger partial charge in [0.05, 0.1) is 6.54 Å². The van der Waals surface area contributed by atoms with Crippen molar-refractivity contribution in [1.29, 1.82) is 0 Å². The van der Waals surface area contributed by atoms with Gasteiger partial charge >= 0.3 is 5.69 Å². The molecule has 1 saturated heterocycles. The van der Waals surface area contributed by atoms with E-state index in [4.69, 9.17) is 0 Å². The fraction of sp³-hybridized carbons (Fsp3) is 0.412. The molecule has 0 radical (unpaired) electrons. The Kier molecular flexibility index (Phi) is 4.09. The fourth-order valence-corrected chi connectivity index (χ4v) is 3.42. The number of likely N-dealkylation sites (tertiary alicyclic amines) is 1. The van der Waals surface area contributed by atoms with E-state index in [-0.39, 0.29) is 18.0 Å². The van der Waals surface area contributed by atoms with Gasteiger partial charge in [0.1, 0.15) is 0 Å². The van der Waals surface area contributed by atoms with E-state index < -0.39 is 0 Å². The number of rotatable bonds is 4. The van der Waals surface area contributed by atoms with Crippen LogP contribution >= 0.6 is 0 Å². The Hall–Kier alpha value is -2.90. The molecule has 4 heterocycles. The molecule has 4 rings (SSSR count). The molecule has 1 aliphatic rings. The zero-order chi connectivity index (χ0) is 17.2. The van der Waals surface area contributed by atoms with Crippen LogP contribution in [0.15, 0.2) is 41.5 Å². The molecular formula is C17H20N6O2. The number of fused-ring (bicyclic) bond motifs is 1. The van der Waals surface area contributed by atoms with Gasteiger partial charge in [0.25, 0.3) is 0 Å². The fourth-order valence-electron chi connectivity index (χ4n) is 3.42. The van der Waals surface area contributed by atoms with Crippen molar-refractivity contribution < 1.29 is 4.79 Å². The monoisotopic (exact) mass is 340 g/mol. The summed E-state index contributed by atoms with van der Waals surface area (Å²) in [7, 11) is 0. The topological polar surface area (TPSA) is 88.3 Å². The van der Waals surface area contributed by atoms with Gasteiger partial charge in [-0.15, -0.1) is 5.10 Å². The summed E-state index contributed by atoms with van der Waals surface area (Å²) in [6, 6.07) is 7.36. The maximum Gasteiger partial charge on any atom is 0.350 e. The summed E-state index contributed by atoms with van der Waals surface area (Å²) in [6.07, 6.45) is 5.73. The van der Waals surface area contributed by atoms with Crippen molar-refractivity contribution in [3.63, 3.8) is 0 Å². The maximum absolute atomic E-state index is 12.6. The lowest BCUT2D eigenvalue weighted by molar-refractivity contribution is -0.132. The third-order valence-electron chi connectivity index (χ3n) is 4.76. The SMILES string of the molecule is O=C(CCn1nc2ccccn2c1=O)N1CCCC(c2ccn[nH]2)C1. The summed E-state index contributed by atoms with van der Waals surface area (Å²) in [6.45, 7) is 1.76. The Morgan fingerprint density at radius 2 is 2.24 bits per heavy atom. The highest BCUT2D eigenvalue weighted by atomic mass is 16.2. The van der Waals surface area contributed by atoms with E-state index >= 15 is 0 Å². The van der Waals surface area contributed by atoms with Crippen LogP contribution in [-0.4, -0.2) is 48.3 Å². The van der Waals surface area contributed by atoms with E-state index in [9.17, 15) is 9.59 Å². The number of amides is 1. The van der Waals surface area contributed by atoms with Crippen LogP contribution in [0.5, 0.6) is 0 Å². The van der Waals surface area contributed by atoms with Gasteiger partial charge in [-0.05, 0) is 31.0 Å². The highest BCUT2D eigenvalue weighted by Gasteiger charge is 2.25. The van der Waals surface area contributed by atoms with Crippen molar-refractivity contribution in [3.05, 3.63) is 52.8 Å². The van der Waals surface area contributed by atoms with Crippen molar-refractivity contribution in [2.45, 2.75) is 31.7 Å². The van der Waals surface area contributed by atoms with Crippen LogP contribution in [0.2, 0.25) is 0 Å². The molecule has 1 atom stereocenters. The predicted molar refractivity (Wildman–Crippen MR) is 91.2 cm³/mol. The number of hydrogen-bond acceptors (Lipinski definition) is 4. The van der Waals surface area contributed by atoms with Gasteiger partial charge < -0.3 is 4.90 Å². The molecule has 0 aromatic carbocycles. The molecule has 3 aromatic rings. The van der Waals surface area contributed by atoms with Crippen molar-refractivity contribution in [2.24, 2.45) is 0 Å². The Morgan fingerprint density at radius 1 is 1.32 bits per heavy atom. The van der Waals surface area contributed by atoms with Crippen molar-refractivity contribution in [2.75, 3.05) is 13.1 Å². The Bertz CT molecular complexity index is 926. The molecule has 0 spiro atoms. The van der Waals surface area contributed by atoms with Crippen LogP contribution in [0.1, 0.15) is 30.9 Å². The van der Waals surface area contributed by atoms with Crippen LogP contribution in [-0.2, 0) is 11.3 Å². The van der Waals surface area contributed by atoms with Gasteiger partial charge in [0.15, 0.2) is 5.65 Å². The zero-order valence-electron chi connectivity index (χ0n) is 13.8. The molecule has 8 nitrogen and oxygen atoms in total. The first-order chi connectivity index (χ1) is 12.2. The summed E-state index contributed by atoms with van der Waals surface area (Å²) in [5.74, 6) is 0.367. The molecule has 1 aliphatic heterocycles. The number of nitrogens with zero attached hydrogens (tertiary/aromatic N) is 5. The number of piperidine rings is 1. The molecular weight excluding hydrogens is 320 g/mol. The molecule has 3 aromatic heterocycles. The summed E-state index contributed by atoms with van der Waals surface area (Å²) in [5, 5.41) is 11.3. The van der Waals surface area contributed by atoms with Crippen LogP contribution in [0.3, 0.4) is 0 Å². The van der Waals surface area contributed by atoms with Crippen molar-refractivity contribution in [1.82, 2.24) is 29.3 Å². The second kappa shape index (κ2) is 6.54. The number of H-pyrrole nitrogens is 1. The maximum atomic E-state index is 12.6. The number of pyridine rings is 1. The van der Waals surface area contributed by atoms with Gasteiger partial charge in [-0.1, -0.05) is 6.07 Å². The van der Waals surface area contributed by atoms with Crippen molar-refractivity contribution in [3.8, 4) is 0 Å². The summed E-state index contributed by atoms with van der Waals surface area (Å²) >= 11 is 0. The number of aromatic nitrogens is 5. The first-order valence-electron chi connectivity index (χ1n) is 8.53. The molecule has 0 bridgehead atoms.